The topological polar surface area (TPSA) is 73.7 Å². The summed E-state index contributed by atoms with van der Waals surface area (Å²) in [6.07, 6.45) is 2.64. The van der Waals surface area contributed by atoms with Crippen LogP contribution in [-0.4, -0.2) is 59.3 Å². The Hall–Kier alpha value is -2.68. The largest absolute Gasteiger partial charge is 0.467 e. The number of thiocarbonyl (C=S) groups is 1. The molecule has 3 heterocycles. The molecule has 1 aliphatic rings. The molecule has 1 saturated heterocycles. The maximum Gasteiger partial charge on any atom is 0.253 e. The molecule has 1 aliphatic heterocycles. The molecule has 0 unspecified atom stereocenters. The van der Waals surface area contributed by atoms with Crippen LogP contribution in [0.4, 0.5) is 0 Å². The lowest BCUT2D eigenvalue weighted by Crippen LogP contribution is -2.42. The maximum absolute atomic E-state index is 12.9. The number of rotatable bonds is 8. The molecule has 176 valence electrons. The normalized spacial score (nSPS) is 14.5. The van der Waals surface area contributed by atoms with Crippen LogP contribution in [0.5, 0.6) is 0 Å². The van der Waals surface area contributed by atoms with Gasteiger partial charge >= 0.3 is 0 Å². The summed E-state index contributed by atoms with van der Waals surface area (Å²) in [5.41, 5.74) is 3.74. The highest BCUT2D eigenvalue weighted by molar-refractivity contribution is 7.80. The summed E-state index contributed by atoms with van der Waals surface area (Å²) in [4.78, 5) is 20.4. The number of aromatic nitrogens is 1. The lowest BCUT2D eigenvalue weighted by Gasteiger charge is -2.27. The third-order valence-electron chi connectivity index (χ3n) is 6.23. The summed E-state index contributed by atoms with van der Waals surface area (Å²) in [7, 11) is 0. The Morgan fingerprint density at radius 3 is 2.79 bits per heavy atom. The first kappa shape index (κ1) is 23.5. The lowest BCUT2D eigenvalue weighted by atomic mass is 10.0. The molecule has 8 heteroatoms. The highest BCUT2D eigenvalue weighted by Gasteiger charge is 2.16. The minimum Gasteiger partial charge on any atom is -0.467 e. The minimum absolute atomic E-state index is 0.0873. The Morgan fingerprint density at radius 1 is 1.21 bits per heavy atom. The number of aryl methyl sites for hydroxylation is 2. The van der Waals surface area contributed by atoms with Crippen molar-refractivity contribution < 1.29 is 9.15 Å². The molecule has 0 atom stereocenters. The Morgan fingerprint density at radius 2 is 2.03 bits per heavy atom. The van der Waals surface area contributed by atoms with Gasteiger partial charge in [0.25, 0.3) is 5.56 Å². The van der Waals surface area contributed by atoms with Crippen LogP contribution in [0.3, 0.4) is 0 Å². The van der Waals surface area contributed by atoms with E-state index in [9.17, 15) is 4.79 Å². The van der Waals surface area contributed by atoms with E-state index in [2.05, 4.69) is 34.3 Å². The highest BCUT2D eigenvalue weighted by atomic mass is 32.1. The number of pyridine rings is 1. The molecule has 0 amide bonds. The number of nitrogens with zero attached hydrogens (tertiary/aromatic N) is 2. The van der Waals surface area contributed by atoms with E-state index in [4.69, 9.17) is 21.4 Å². The summed E-state index contributed by atoms with van der Waals surface area (Å²) in [6.45, 7) is 10.3. The molecule has 2 aromatic heterocycles. The highest BCUT2D eigenvalue weighted by Crippen LogP contribution is 2.20. The lowest BCUT2D eigenvalue weighted by molar-refractivity contribution is 0.0376. The number of H-pyrrole nitrogens is 1. The number of morpholine rings is 1. The number of hydrogen-bond donors (Lipinski definition) is 2. The minimum atomic E-state index is -0.0873. The number of benzene rings is 1. The smallest absolute Gasteiger partial charge is 0.253 e. The van der Waals surface area contributed by atoms with Crippen LogP contribution in [0, 0.1) is 13.8 Å². The van der Waals surface area contributed by atoms with Gasteiger partial charge in [0, 0.05) is 25.2 Å². The number of furan rings is 1. The van der Waals surface area contributed by atoms with E-state index in [1.807, 2.05) is 30.0 Å². The molecule has 0 bridgehead atoms. The van der Waals surface area contributed by atoms with Gasteiger partial charge in [0.2, 0.25) is 0 Å². The summed E-state index contributed by atoms with van der Waals surface area (Å²) < 4.78 is 11.0. The Bertz CT molecular complexity index is 1140. The van der Waals surface area contributed by atoms with Gasteiger partial charge in [-0.1, -0.05) is 12.1 Å². The van der Waals surface area contributed by atoms with Gasteiger partial charge in [-0.2, -0.15) is 0 Å². The summed E-state index contributed by atoms with van der Waals surface area (Å²) >= 11 is 5.72. The molecular formula is C25H32N4O3S. The molecule has 1 aromatic carbocycles. The quantitative estimate of drug-likeness (QED) is 0.388. The van der Waals surface area contributed by atoms with Gasteiger partial charge in [-0.25, -0.2) is 0 Å². The third kappa shape index (κ3) is 6.01. The van der Waals surface area contributed by atoms with Crippen molar-refractivity contribution in [2.45, 2.75) is 33.4 Å². The predicted octanol–water partition coefficient (Wildman–Crippen LogP) is 3.34. The average molecular weight is 469 g/mol. The van der Waals surface area contributed by atoms with Gasteiger partial charge in [-0.15, -0.1) is 0 Å². The first-order chi connectivity index (χ1) is 16.0. The van der Waals surface area contributed by atoms with Crippen molar-refractivity contribution in [1.82, 2.24) is 20.1 Å². The zero-order valence-electron chi connectivity index (χ0n) is 19.4. The van der Waals surface area contributed by atoms with Gasteiger partial charge in [-0.3, -0.25) is 9.69 Å². The van der Waals surface area contributed by atoms with E-state index in [1.54, 1.807) is 6.26 Å². The molecule has 33 heavy (non-hydrogen) atoms. The van der Waals surface area contributed by atoms with Crippen LogP contribution >= 0.6 is 12.2 Å². The molecule has 0 saturated carbocycles. The molecular weight excluding hydrogens is 436 g/mol. The molecule has 2 N–H and O–H groups in total. The predicted molar refractivity (Wildman–Crippen MR) is 134 cm³/mol. The first-order valence-corrected chi connectivity index (χ1v) is 11.9. The van der Waals surface area contributed by atoms with Crippen LogP contribution in [-0.2, 0) is 17.8 Å². The van der Waals surface area contributed by atoms with Gasteiger partial charge in [-0.05, 0) is 73.7 Å². The van der Waals surface area contributed by atoms with Crippen molar-refractivity contribution in [3.05, 3.63) is 69.4 Å². The second-order valence-electron chi connectivity index (χ2n) is 8.57. The second-order valence-corrected chi connectivity index (χ2v) is 8.96. The molecule has 0 aliphatic carbocycles. The first-order valence-electron chi connectivity index (χ1n) is 11.5. The Balaban J connectivity index is 1.45. The van der Waals surface area contributed by atoms with Crippen LogP contribution < -0.4 is 10.9 Å². The molecule has 1 fully saturated rings. The summed E-state index contributed by atoms with van der Waals surface area (Å²) in [5, 5.41) is 5.02. The number of ether oxygens (including phenoxy) is 1. The van der Waals surface area contributed by atoms with Crippen molar-refractivity contribution in [1.29, 1.82) is 0 Å². The van der Waals surface area contributed by atoms with E-state index < -0.39 is 0 Å². The van der Waals surface area contributed by atoms with Crippen molar-refractivity contribution in [3.63, 3.8) is 0 Å². The Labute approximate surface area is 199 Å². The van der Waals surface area contributed by atoms with Crippen LogP contribution in [0.2, 0.25) is 0 Å². The fraction of sp³-hybridized carbons (Fsp3) is 0.440. The van der Waals surface area contributed by atoms with Crippen molar-refractivity contribution in [2.24, 2.45) is 0 Å². The van der Waals surface area contributed by atoms with Gasteiger partial charge < -0.3 is 24.4 Å². The van der Waals surface area contributed by atoms with Gasteiger partial charge in [0.1, 0.15) is 5.76 Å². The van der Waals surface area contributed by atoms with E-state index in [1.165, 1.54) is 0 Å². The molecule has 0 radical (unpaired) electrons. The summed E-state index contributed by atoms with van der Waals surface area (Å²) in [5.74, 6) is 0.802. The third-order valence-corrected chi connectivity index (χ3v) is 6.64. The van der Waals surface area contributed by atoms with Gasteiger partial charge in [0.15, 0.2) is 5.11 Å². The van der Waals surface area contributed by atoms with Crippen LogP contribution in [0.25, 0.3) is 10.9 Å². The SMILES string of the molecule is Cc1ccc2cc(CN(Cc3ccco3)C(=S)NCCCN3CCOCC3)c(=O)[nH]c2c1C. The van der Waals surface area contributed by atoms with Crippen molar-refractivity contribution >= 4 is 28.2 Å². The van der Waals surface area contributed by atoms with E-state index in [0.29, 0.717) is 23.8 Å². The standard InChI is InChI=1S/C25H32N4O3S/c1-18-6-7-20-15-21(24(30)27-23(20)19(18)2)16-29(17-22-5-3-12-32-22)25(33)26-8-4-9-28-10-13-31-14-11-28/h3,5-7,12,15H,4,8-11,13-14,16-17H2,1-2H3,(H,26,33)(H,27,30). The summed E-state index contributed by atoms with van der Waals surface area (Å²) in [6, 6.07) is 9.89. The number of aromatic amines is 1. The van der Waals surface area contributed by atoms with E-state index in [-0.39, 0.29) is 5.56 Å². The van der Waals surface area contributed by atoms with E-state index in [0.717, 1.165) is 73.6 Å². The molecule has 4 rings (SSSR count). The maximum atomic E-state index is 12.9. The zero-order valence-corrected chi connectivity index (χ0v) is 20.2. The van der Waals surface area contributed by atoms with Crippen molar-refractivity contribution in [3.8, 4) is 0 Å². The fourth-order valence-electron chi connectivity index (χ4n) is 4.12. The zero-order chi connectivity index (χ0) is 23.2. The number of fused-ring (bicyclic) bond motifs is 1. The molecule has 7 nitrogen and oxygen atoms in total. The van der Waals surface area contributed by atoms with Crippen LogP contribution in [0.15, 0.2) is 45.8 Å². The monoisotopic (exact) mass is 468 g/mol. The van der Waals surface area contributed by atoms with Gasteiger partial charge in [0.05, 0.1) is 38.1 Å². The molecule has 0 spiro atoms. The van der Waals surface area contributed by atoms with Crippen molar-refractivity contribution in [2.75, 3.05) is 39.4 Å². The van der Waals surface area contributed by atoms with Crippen LogP contribution in [0.1, 0.15) is 28.9 Å². The fourth-order valence-corrected chi connectivity index (χ4v) is 4.35. The number of hydrogen-bond acceptors (Lipinski definition) is 5. The Kier molecular flexibility index (Phi) is 7.80. The number of nitrogens with one attached hydrogen (secondary N) is 2. The molecule has 3 aromatic rings. The van der Waals surface area contributed by atoms with E-state index >= 15 is 0 Å². The second kappa shape index (κ2) is 11.0. The average Bonchev–Trinajstić information content (AvgIpc) is 3.33.